The molecule has 0 atom stereocenters. The molecule has 0 aromatic heterocycles. The second-order valence-corrected chi connectivity index (χ2v) is 2.43. The van der Waals surface area contributed by atoms with Gasteiger partial charge in [0.1, 0.15) is 5.75 Å². The molecule has 11 heavy (non-hydrogen) atoms. The van der Waals surface area contributed by atoms with E-state index in [-0.39, 0.29) is 5.75 Å². The van der Waals surface area contributed by atoms with Crippen LogP contribution in [0.1, 0.15) is 5.56 Å². The van der Waals surface area contributed by atoms with Crippen molar-refractivity contribution in [3.8, 4) is 5.75 Å². The van der Waals surface area contributed by atoms with Crippen molar-refractivity contribution in [3.63, 3.8) is 0 Å². The van der Waals surface area contributed by atoms with E-state index in [9.17, 15) is 0 Å². The van der Waals surface area contributed by atoms with Crippen molar-refractivity contribution in [2.75, 3.05) is 5.43 Å². The van der Waals surface area contributed by atoms with Crippen molar-refractivity contribution in [2.45, 2.75) is 5.88 Å². The van der Waals surface area contributed by atoms with Gasteiger partial charge in [-0.15, -0.1) is 11.6 Å². The van der Waals surface area contributed by atoms with Crippen LogP contribution in [0.2, 0.25) is 0 Å². The Kier molecular flexibility index (Phi) is 2.57. The Labute approximate surface area is 69.8 Å². The highest BCUT2D eigenvalue weighted by atomic mass is 35.5. The van der Waals surface area contributed by atoms with Gasteiger partial charge >= 0.3 is 0 Å². The molecule has 0 amide bonds. The standard InChI is InChI=1S/C7H9ClN2O/c8-4-5-1-6(10-9)3-7(11)2-5/h1-3,10-11H,4,9H2. The van der Waals surface area contributed by atoms with Crippen molar-refractivity contribution >= 4 is 17.3 Å². The summed E-state index contributed by atoms with van der Waals surface area (Å²) in [5.41, 5.74) is 3.91. The molecular formula is C7H9ClN2O. The molecule has 1 aromatic rings. The molecule has 0 aliphatic rings. The number of aromatic hydroxyl groups is 1. The molecule has 0 bridgehead atoms. The highest BCUT2D eigenvalue weighted by Gasteiger charge is 1.96. The number of hydrogen-bond acceptors (Lipinski definition) is 3. The van der Waals surface area contributed by atoms with Crippen molar-refractivity contribution < 1.29 is 5.11 Å². The molecule has 1 aromatic carbocycles. The zero-order valence-electron chi connectivity index (χ0n) is 5.84. The van der Waals surface area contributed by atoms with Gasteiger partial charge in [0, 0.05) is 11.9 Å². The Morgan fingerprint density at radius 2 is 2.18 bits per heavy atom. The molecular weight excluding hydrogens is 164 g/mol. The van der Waals surface area contributed by atoms with Gasteiger partial charge in [0.25, 0.3) is 0 Å². The first-order chi connectivity index (χ1) is 5.26. The Morgan fingerprint density at radius 3 is 2.73 bits per heavy atom. The maximum Gasteiger partial charge on any atom is 0.118 e. The summed E-state index contributed by atoms with van der Waals surface area (Å²) in [4.78, 5) is 0. The molecule has 0 unspecified atom stereocenters. The highest BCUT2D eigenvalue weighted by Crippen LogP contribution is 2.19. The quantitative estimate of drug-likeness (QED) is 0.359. The van der Waals surface area contributed by atoms with E-state index in [4.69, 9.17) is 22.6 Å². The fourth-order valence-corrected chi connectivity index (χ4v) is 0.989. The second kappa shape index (κ2) is 3.46. The Balaban J connectivity index is 3.02. The summed E-state index contributed by atoms with van der Waals surface area (Å²) in [6.45, 7) is 0. The van der Waals surface area contributed by atoms with Crippen molar-refractivity contribution in [3.05, 3.63) is 23.8 Å². The molecule has 1 rings (SSSR count). The number of anilines is 1. The van der Waals surface area contributed by atoms with E-state index in [1.807, 2.05) is 0 Å². The predicted octanol–water partition coefficient (Wildman–Crippen LogP) is 1.42. The molecule has 0 aliphatic carbocycles. The second-order valence-electron chi connectivity index (χ2n) is 2.17. The number of alkyl halides is 1. The fourth-order valence-electron chi connectivity index (χ4n) is 0.834. The first-order valence-corrected chi connectivity index (χ1v) is 3.65. The third-order valence-electron chi connectivity index (χ3n) is 1.30. The van der Waals surface area contributed by atoms with Gasteiger partial charge in [0.15, 0.2) is 0 Å². The summed E-state index contributed by atoms with van der Waals surface area (Å²) in [7, 11) is 0. The van der Waals surface area contributed by atoms with Gasteiger partial charge in [-0.2, -0.15) is 0 Å². The van der Waals surface area contributed by atoms with Crippen molar-refractivity contribution in [2.24, 2.45) is 5.84 Å². The van der Waals surface area contributed by atoms with Gasteiger partial charge in [0.2, 0.25) is 0 Å². The molecule has 0 aliphatic heterocycles. The first-order valence-electron chi connectivity index (χ1n) is 3.12. The molecule has 0 fully saturated rings. The summed E-state index contributed by atoms with van der Waals surface area (Å²) < 4.78 is 0. The normalized spacial score (nSPS) is 9.64. The lowest BCUT2D eigenvalue weighted by Crippen LogP contribution is -2.06. The topological polar surface area (TPSA) is 58.3 Å². The maximum atomic E-state index is 9.10. The Bertz CT molecular complexity index is 230. The van der Waals surface area contributed by atoms with Crippen LogP contribution in [-0.2, 0) is 5.88 Å². The van der Waals surface area contributed by atoms with Gasteiger partial charge in [-0.05, 0) is 17.7 Å². The molecule has 4 N–H and O–H groups in total. The van der Waals surface area contributed by atoms with E-state index in [1.54, 1.807) is 12.1 Å². The summed E-state index contributed by atoms with van der Waals surface area (Å²) in [6, 6.07) is 4.89. The minimum absolute atomic E-state index is 0.163. The van der Waals surface area contributed by atoms with E-state index in [0.29, 0.717) is 11.6 Å². The molecule has 3 nitrogen and oxygen atoms in total. The van der Waals surface area contributed by atoms with Crippen LogP contribution in [0, 0.1) is 0 Å². The SMILES string of the molecule is NNc1cc(O)cc(CCl)c1. The summed E-state index contributed by atoms with van der Waals surface area (Å²) in [6.07, 6.45) is 0. The summed E-state index contributed by atoms with van der Waals surface area (Å²) >= 11 is 5.55. The number of phenolic OH excluding ortho intramolecular Hbond substituents is 1. The van der Waals surface area contributed by atoms with Gasteiger partial charge in [-0.3, -0.25) is 5.84 Å². The molecule has 0 radical (unpaired) electrons. The zero-order chi connectivity index (χ0) is 8.27. The predicted molar refractivity (Wildman–Crippen MR) is 45.5 cm³/mol. The van der Waals surface area contributed by atoms with Crippen LogP contribution in [-0.4, -0.2) is 5.11 Å². The van der Waals surface area contributed by atoms with Gasteiger partial charge in [-0.1, -0.05) is 0 Å². The third kappa shape index (κ3) is 2.00. The van der Waals surface area contributed by atoms with Gasteiger partial charge < -0.3 is 10.5 Å². The molecule has 0 saturated heterocycles. The maximum absolute atomic E-state index is 9.10. The number of halogens is 1. The number of hydrazine groups is 1. The number of rotatable bonds is 2. The lowest BCUT2D eigenvalue weighted by molar-refractivity contribution is 0.475. The largest absolute Gasteiger partial charge is 0.508 e. The number of phenols is 1. The highest BCUT2D eigenvalue weighted by molar-refractivity contribution is 6.17. The van der Waals surface area contributed by atoms with Crippen LogP contribution in [0.3, 0.4) is 0 Å². The fraction of sp³-hybridized carbons (Fsp3) is 0.143. The Morgan fingerprint density at radius 1 is 1.45 bits per heavy atom. The molecule has 0 spiro atoms. The van der Waals surface area contributed by atoms with Crippen LogP contribution in [0.15, 0.2) is 18.2 Å². The number of benzene rings is 1. The number of nitrogens with one attached hydrogen (secondary N) is 1. The minimum atomic E-state index is 0.163. The van der Waals surface area contributed by atoms with Crippen LogP contribution in [0.4, 0.5) is 5.69 Å². The van der Waals surface area contributed by atoms with E-state index in [2.05, 4.69) is 5.43 Å². The number of nitrogen functional groups attached to an aromatic ring is 1. The lowest BCUT2D eigenvalue weighted by Gasteiger charge is -2.02. The van der Waals surface area contributed by atoms with Gasteiger partial charge in [0.05, 0.1) is 5.69 Å². The minimum Gasteiger partial charge on any atom is -0.508 e. The van der Waals surface area contributed by atoms with E-state index >= 15 is 0 Å². The summed E-state index contributed by atoms with van der Waals surface area (Å²) in [5, 5.41) is 9.10. The van der Waals surface area contributed by atoms with Crippen LogP contribution in [0.25, 0.3) is 0 Å². The van der Waals surface area contributed by atoms with Crippen molar-refractivity contribution in [1.82, 2.24) is 0 Å². The Hall–Kier alpha value is -0.930. The van der Waals surface area contributed by atoms with Crippen LogP contribution >= 0.6 is 11.6 Å². The molecule has 0 heterocycles. The first kappa shape index (κ1) is 8.17. The average molecular weight is 173 g/mol. The average Bonchev–Trinajstić information content (AvgIpc) is 2.03. The number of hydrogen-bond donors (Lipinski definition) is 3. The zero-order valence-corrected chi connectivity index (χ0v) is 6.60. The molecule has 0 saturated carbocycles. The van der Waals surface area contributed by atoms with Crippen LogP contribution < -0.4 is 11.3 Å². The van der Waals surface area contributed by atoms with E-state index < -0.39 is 0 Å². The van der Waals surface area contributed by atoms with Crippen molar-refractivity contribution in [1.29, 1.82) is 0 Å². The van der Waals surface area contributed by atoms with Gasteiger partial charge in [-0.25, -0.2) is 0 Å². The molecule has 4 heteroatoms. The smallest absolute Gasteiger partial charge is 0.118 e. The number of nitrogens with two attached hydrogens (primary N) is 1. The van der Waals surface area contributed by atoms with E-state index in [1.165, 1.54) is 6.07 Å². The monoisotopic (exact) mass is 172 g/mol. The van der Waals surface area contributed by atoms with E-state index in [0.717, 1.165) is 5.56 Å². The van der Waals surface area contributed by atoms with Crippen LogP contribution in [0.5, 0.6) is 5.75 Å². The lowest BCUT2D eigenvalue weighted by atomic mass is 10.2. The summed E-state index contributed by atoms with van der Waals surface area (Å²) in [5.74, 6) is 5.67. The third-order valence-corrected chi connectivity index (χ3v) is 1.61. The molecule has 60 valence electrons.